The summed E-state index contributed by atoms with van der Waals surface area (Å²) in [6, 6.07) is 7.40. The molecule has 0 aliphatic carbocycles. The fourth-order valence-electron chi connectivity index (χ4n) is 2.58. The van der Waals surface area contributed by atoms with Crippen LogP contribution in [-0.2, 0) is 0 Å². The first kappa shape index (κ1) is 17.4. The van der Waals surface area contributed by atoms with Gasteiger partial charge in [-0.15, -0.1) is 0 Å². The lowest BCUT2D eigenvalue weighted by atomic mass is 10.0. The molecule has 2 rings (SSSR count). The van der Waals surface area contributed by atoms with E-state index in [9.17, 15) is 8.78 Å². The zero-order chi connectivity index (χ0) is 16.1. The van der Waals surface area contributed by atoms with Gasteiger partial charge in [-0.1, -0.05) is 11.8 Å². The molecule has 1 heterocycles. The van der Waals surface area contributed by atoms with E-state index in [-0.39, 0.29) is 0 Å². The molecule has 0 atom stereocenters. The van der Waals surface area contributed by atoms with E-state index in [0.29, 0.717) is 27.8 Å². The topological polar surface area (TPSA) is 19.7 Å². The number of piperidine rings is 1. The van der Waals surface area contributed by atoms with Crippen molar-refractivity contribution >= 4 is 34.8 Å². The van der Waals surface area contributed by atoms with Crippen LogP contribution in [-0.4, -0.2) is 49.0 Å². The first-order valence-corrected chi connectivity index (χ1v) is 8.64. The molecule has 1 saturated heterocycles. The van der Waals surface area contributed by atoms with Crippen molar-refractivity contribution in [3.63, 3.8) is 0 Å². The van der Waals surface area contributed by atoms with E-state index in [1.54, 1.807) is 29.2 Å². The smallest absolute Gasteiger partial charge is 0.288 e. The second-order valence-electron chi connectivity index (χ2n) is 5.63. The summed E-state index contributed by atoms with van der Waals surface area (Å²) in [5, 5.41) is 3.86. The number of alkyl halides is 2. The second-order valence-corrected chi connectivity index (χ2v) is 7.08. The van der Waals surface area contributed by atoms with Crippen molar-refractivity contribution < 1.29 is 13.7 Å². The minimum Gasteiger partial charge on any atom is -0.349 e. The molecule has 0 saturated carbocycles. The highest BCUT2D eigenvalue weighted by Gasteiger charge is 2.24. The van der Waals surface area contributed by atoms with Gasteiger partial charge in [-0.25, -0.2) is 0 Å². The first-order valence-electron chi connectivity index (χ1n) is 7.35. The highest BCUT2D eigenvalue weighted by atomic mass is 32.2. The third-order valence-electron chi connectivity index (χ3n) is 4.01. The molecule has 1 fully saturated rings. The molecule has 0 bridgehead atoms. The number of likely N-dealkylation sites (tertiary alicyclic amines) is 1. The standard InChI is InChI=1S/C15H21F2N3S2/c1-19-9-7-12(8-10-19)20(2)15(21)18-11-3-5-13(6-4-11)22-14(16)17/h3-6,12,14H,7-10H2,1-2H3,(H,18,21)/p+1. The maximum absolute atomic E-state index is 12.3. The summed E-state index contributed by atoms with van der Waals surface area (Å²) in [4.78, 5) is 4.23. The predicted octanol–water partition coefficient (Wildman–Crippen LogP) is 2.31. The average Bonchev–Trinajstić information content (AvgIpc) is 2.49. The number of hydrogen-bond donors (Lipinski definition) is 2. The van der Waals surface area contributed by atoms with E-state index in [1.807, 2.05) is 7.05 Å². The van der Waals surface area contributed by atoms with Gasteiger partial charge in [0.1, 0.15) is 0 Å². The maximum atomic E-state index is 12.3. The van der Waals surface area contributed by atoms with Crippen molar-refractivity contribution in [2.45, 2.75) is 29.5 Å². The highest BCUT2D eigenvalue weighted by molar-refractivity contribution is 7.99. The summed E-state index contributed by atoms with van der Waals surface area (Å²) in [5.41, 5.74) is 0.828. The summed E-state index contributed by atoms with van der Waals surface area (Å²) < 4.78 is 24.6. The van der Waals surface area contributed by atoms with Crippen molar-refractivity contribution in [1.82, 2.24) is 4.90 Å². The molecule has 0 unspecified atom stereocenters. The second kappa shape index (κ2) is 8.08. The number of nitrogens with one attached hydrogen (secondary N) is 2. The molecule has 1 aliphatic rings. The number of halogens is 2. The minimum atomic E-state index is -2.39. The summed E-state index contributed by atoms with van der Waals surface area (Å²) >= 11 is 6.00. The van der Waals surface area contributed by atoms with Crippen LogP contribution in [0, 0.1) is 0 Å². The van der Waals surface area contributed by atoms with Gasteiger partial charge in [-0.05, 0) is 36.5 Å². The normalized spacial score (nSPS) is 21.7. The molecule has 0 aromatic heterocycles. The Labute approximate surface area is 140 Å². The minimum absolute atomic E-state index is 0.470. The summed E-state index contributed by atoms with van der Waals surface area (Å²) in [5.74, 6) is -2.39. The Kier molecular flexibility index (Phi) is 6.40. The van der Waals surface area contributed by atoms with Crippen LogP contribution in [0.15, 0.2) is 29.2 Å². The zero-order valence-electron chi connectivity index (χ0n) is 12.8. The van der Waals surface area contributed by atoms with E-state index in [0.717, 1.165) is 31.6 Å². The number of anilines is 1. The molecule has 3 nitrogen and oxygen atoms in total. The van der Waals surface area contributed by atoms with E-state index < -0.39 is 5.76 Å². The predicted molar refractivity (Wildman–Crippen MR) is 91.9 cm³/mol. The number of hydrogen-bond acceptors (Lipinski definition) is 2. The van der Waals surface area contributed by atoms with Gasteiger partial charge in [-0.2, -0.15) is 8.78 Å². The van der Waals surface area contributed by atoms with Crippen LogP contribution in [0.25, 0.3) is 0 Å². The van der Waals surface area contributed by atoms with E-state index in [4.69, 9.17) is 12.2 Å². The number of quaternary nitrogens is 1. The monoisotopic (exact) mass is 346 g/mol. The van der Waals surface area contributed by atoms with Crippen molar-refractivity contribution in [2.24, 2.45) is 0 Å². The lowest BCUT2D eigenvalue weighted by Gasteiger charge is -2.34. The quantitative estimate of drug-likeness (QED) is 0.644. The Hall–Kier alpha value is -0.920. The summed E-state index contributed by atoms with van der Waals surface area (Å²) in [7, 11) is 4.23. The van der Waals surface area contributed by atoms with Gasteiger partial charge in [0, 0.05) is 36.5 Å². The molecule has 7 heteroatoms. The Morgan fingerprint density at radius 1 is 1.32 bits per heavy atom. The van der Waals surface area contributed by atoms with E-state index in [1.165, 1.54) is 0 Å². The Balaban J connectivity index is 1.88. The summed E-state index contributed by atoms with van der Waals surface area (Å²) in [6.07, 6.45) is 2.27. The molecule has 2 N–H and O–H groups in total. The molecule has 0 radical (unpaired) electrons. The van der Waals surface area contributed by atoms with Gasteiger partial charge in [0.25, 0.3) is 5.76 Å². The van der Waals surface area contributed by atoms with Crippen LogP contribution in [0.5, 0.6) is 0 Å². The van der Waals surface area contributed by atoms with E-state index in [2.05, 4.69) is 17.3 Å². The van der Waals surface area contributed by atoms with Gasteiger partial charge < -0.3 is 15.1 Å². The Morgan fingerprint density at radius 3 is 2.45 bits per heavy atom. The van der Waals surface area contributed by atoms with Crippen molar-refractivity contribution in [2.75, 3.05) is 32.5 Å². The zero-order valence-corrected chi connectivity index (χ0v) is 14.4. The SMILES string of the molecule is CN(C(=S)Nc1ccc(SC(F)F)cc1)C1CC[NH+](C)CC1. The number of rotatable bonds is 4. The lowest BCUT2D eigenvalue weighted by Crippen LogP contribution is -3.10. The maximum Gasteiger partial charge on any atom is 0.288 e. The van der Waals surface area contributed by atoms with Crippen LogP contribution >= 0.6 is 24.0 Å². The molecule has 1 aromatic rings. The van der Waals surface area contributed by atoms with Gasteiger partial charge >= 0.3 is 0 Å². The van der Waals surface area contributed by atoms with Crippen LogP contribution in [0.4, 0.5) is 14.5 Å². The van der Waals surface area contributed by atoms with Gasteiger partial charge in [0.05, 0.1) is 20.1 Å². The molecule has 0 spiro atoms. The largest absolute Gasteiger partial charge is 0.349 e. The van der Waals surface area contributed by atoms with Gasteiger partial charge in [0.15, 0.2) is 5.11 Å². The van der Waals surface area contributed by atoms with Crippen molar-refractivity contribution in [3.8, 4) is 0 Å². The van der Waals surface area contributed by atoms with Crippen LogP contribution in [0.1, 0.15) is 12.8 Å². The lowest BCUT2D eigenvalue weighted by molar-refractivity contribution is -0.885. The summed E-state index contributed by atoms with van der Waals surface area (Å²) in [6.45, 7) is 2.33. The number of benzene rings is 1. The van der Waals surface area contributed by atoms with Crippen molar-refractivity contribution in [1.29, 1.82) is 0 Å². The molecular weight excluding hydrogens is 324 g/mol. The van der Waals surface area contributed by atoms with Crippen LogP contribution < -0.4 is 10.2 Å². The Bertz CT molecular complexity index is 488. The molecular formula is C15H22F2N3S2+. The fraction of sp³-hybridized carbons (Fsp3) is 0.533. The van der Waals surface area contributed by atoms with Crippen LogP contribution in [0.3, 0.4) is 0 Å². The van der Waals surface area contributed by atoms with E-state index >= 15 is 0 Å². The highest BCUT2D eigenvalue weighted by Crippen LogP contribution is 2.26. The Morgan fingerprint density at radius 2 is 1.91 bits per heavy atom. The average molecular weight is 346 g/mol. The molecule has 1 aromatic carbocycles. The van der Waals surface area contributed by atoms with Gasteiger partial charge in [0.2, 0.25) is 0 Å². The van der Waals surface area contributed by atoms with Crippen LogP contribution in [0.2, 0.25) is 0 Å². The molecule has 22 heavy (non-hydrogen) atoms. The third-order valence-corrected chi connectivity index (χ3v) is 5.12. The van der Waals surface area contributed by atoms with Gasteiger partial charge in [-0.3, -0.25) is 0 Å². The number of thioether (sulfide) groups is 1. The third kappa shape index (κ3) is 5.07. The molecule has 0 amide bonds. The number of thiocarbonyl (C=S) groups is 1. The molecule has 1 aliphatic heterocycles. The van der Waals surface area contributed by atoms with Crippen molar-refractivity contribution in [3.05, 3.63) is 24.3 Å². The number of nitrogens with zero attached hydrogens (tertiary/aromatic N) is 1. The molecule has 122 valence electrons. The fourth-order valence-corrected chi connectivity index (χ4v) is 3.35. The first-order chi connectivity index (χ1) is 10.5.